The Bertz CT molecular complexity index is 880. The first-order chi connectivity index (χ1) is 12.5. The van der Waals surface area contributed by atoms with Crippen molar-refractivity contribution in [1.82, 2.24) is 15.1 Å². The molecule has 6 heteroatoms. The highest BCUT2D eigenvalue weighted by atomic mass is 35.5. The molecule has 1 heterocycles. The van der Waals surface area contributed by atoms with E-state index in [1.54, 1.807) is 18.9 Å². The molecule has 3 rings (SSSR count). The number of aromatic nitrogens is 2. The number of hydrogen-bond acceptors (Lipinski definition) is 4. The van der Waals surface area contributed by atoms with Gasteiger partial charge in [-0.05, 0) is 17.2 Å². The van der Waals surface area contributed by atoms with Crippen LogP contribution in [0.25, 0.3) is 0 Å². The molecule has 0 N–H and O–H groups in total. The van der Waals surface area contributed by atoms with Crippen molar-refractivity contribution in [2.75, 3.05) is 7.05 Å². The van der Waals surface area contributed by atoms with Crippen LogP contribution in [0, 0.1) is 6.92 Å². The van der Waals surface area contributed by atoms with Gasteiger partial charge in [0, 0.05) is 31.3 Å². The topological polar surface area (TPSA) is 59.2 Å². The maximum atomic E-state index is 12.8. The van der Waals surface area contributed by atoms with Crippen LogP contribution >= 0.6 is 11.6 Å². The van der Waals surface area contributed by atoms with Gasteiger partial charge < -0.3 is 9.32 Å². The van der Waals surface area contributed by atoms with E-state index in [2.05, 4.69) is 10.2 Å². The molecule has 0 bridgehead atoms. The number of aryl methyl sites for hydroxylation is 1. The Morgan fingerprint density at radius 3 is 2.46 bits per heavy atom. The van der Waals surface area contributed by atoms with E-state index in [0.29, 0.717) is 23.2 Å². The van der Waals surface area contributed by atoms with Crippen LogP contribution < -0.4 is 0 Å². The highest BCUT2D eigenvalue weighted by Crippen LogP contribution is 2.33. The molecule has 1 aromatic heterocycles. The van der Waals surface area contributed by atoms with Crippen molar-refractivity contribution in [3.05, 3.63) is 82.5 Å². The second-order valence-electron chi connectivity index (χ2n) is 6.15. The van der Waals surface area contributed by atoms with E-state index in [4.69, 9.17) is 16.0 Å². The molecule has 0 spiro atoms. The number of carbonyl (C=O) groups is 1. The summed E-state index contributed by atoms with van der Waals surface area (Å²) in [5.41, 5.74) is 1.99. The number of carbonyl (C=O) groups excluding carboxylic acids is 1. The summed E-state index contributed by atoms with van der Waals surface area (Å²) in [6, 6.07) is 17.6. The SMILES string of the molecule is Cc1nnc(CN(C)C(=O)CC(c2ccccc2)c2ccccc2Cl)o1. The molecular weight excluding hydrogens is 350 g/mol. The summed E-state index contributed by atoms with van der Waals surface area (Å²) in [7, 11) is 1.73. The van der Waals surface area contributed by atoms with E-state index in [9.17, 15) is 4.79 Å². The average Bonchev–Trinajstić information content (AvgIpc) is 3.05. The predicted molar refractivity (Wildman–Crippen MR) is 99.9 cm³/mol. The van der Waals surface area contributed by atoms with Gasteiger partial charge in [0.2, 0.25) is 17.7 Å². The van der Waals surface area contributed by atoms with Crippen molar-refractivity contribution in [3.63, 3.8) is 0 Å². The van der Waals surface area contributed by atoms with Crippen LogP contribution in [-0.4, -0.2) is 28.1 Å². The van der Waals surface area contributed by atoms with E-state index >= 15 is 0 Å². The minimum atomic E-state index is -0.121. The van der Waals surface area contributed by atoms with Gasteiger partial charge >= 0.3 is 0 Å². The molecular formula is C20H20ClN3O2. The van der Waals surface area contributed by atoms with Crippen molar-refractivity contribution in [1.29, 1.82) is 0 Å². The zero-order chi connectivity index (χ0) is 18.5. The fourth-order valence-corrected chi connectivity index (χ4v) is 3.14. The van der Waals surface area contributed by atoms with Crippen LogP contribution in [0.1, 0.15) is 35.2 Å². The molecule has 3 aromatic rings. The minimum Gasteiger partial charge on any atom is -0.424 e. The van der Waals surface area contributed by atoms with Gasteiger partial charge in [0.1, 0.15) is 0 Å². The number of hydrogen-bond donors (Lipinski definition) is 0. The van der Waals surface area contributed by atoms with Gasteiger partial charge in [0.15, 0.2) is 0 Å². The van der Waals surface area contributed by atoms with E-state index in [1.165, 1.54) is 0 Å². The Morgan fingerprint density at radius 2 is 1.81 bits per heavy atom. The number of benzene rings is 2. The van der Waals surface area contributed by atoms with Crippen molar-refractivity contribution in [3.8, 4) is 0 Å². The summed E-state index contributed by atoms with van der Waals surface area (Å²) in [4.78, 5) is 14.4. The molecule has 5 nitrogen and oxygen atoms in total. The van der Waals surface area contributed by atoms with Crippen LogP contribution in [-0.2, 0) is 11.3 Å². The minimum absolute atomic E-state index is 0.0189. The van der Waals surface area contributed by atoms with Crippen molar-refractivity contribution < 1.29 is 9.21 Å². The molecule has 2 aromatic carbocycles. The molecule has 0 saturated carbocycles. The summed E-state index contributed by atoms with van der Waals surface area (Å²) in [5.74, 6) is 0.769. The first-order valence-corrected chi connectivity index (χ1v) is 8.74. The van der Waals surface area contributed by atoms with Crippen LogP contribution in [0.15, 0.2) is 59.0 Å². The summed E-state index contributed by atoms with van der Waals surface area (Å²) >= 11 is 6.41. The number of amides is 1. The molecule has 0 radical (unpaired) electrons. The first-order valence-electron chi connectivity index (χ1n) is 8.37. The molecule has 26 heavy (non-hydrogen) atoms. The smallest absolute Gasteiger partial charge is 0.235 e. The number of rotatable bonds is 6. The lowest BCUT2D eigenvalue weighted by Crippen LogP contribution is -2.28. The monoisotopic (exact) mass is 369 g/mol. The lowest BCUT2D eigenvalue weighted by Gasteiger charge is -2.22. The van der Waals surface area contributed by atoms with Gasteiger partial charge in [0.05, 0.1) is 6.54 Å². The third-order valence-corrected chi connectivity index (χ3v) is 4.57. The number of nitrogens with zero attached hydrogens (tertiary/aromatic N) is 3. The average molecular weight is 370 g/mol. The van der Waals surface area contributed by atoms with E-state index in [1.807, 2.05) is 54.6 Å². The molecule has 1 unspecified atom stereocenters. The zero-order valence-corrected chi connectivity index (χ0v) is 15.5. The molecule has 1 atom stereocenters. The summed E-state index contributed by atoms with van der Waals surface area (Å²) in [6.45, 7) is 2.00. The van der Waals surface area contributed by atoms with E-state index < -0.39 is 0 Å². The summed E-state index contributed by atoms with van der Waals surface area (Å²) in [6.07, 6.45) is 0.303. The zero-order valence-electron chi connectivity index (χ0n) is 14.7. The highest BCUT2D eigenvalue weighted by molar-refractivity contribution is 6.31. The standard InChI is InChI=1S/C20H20ClN3O2/c1-14-22-23-19(26-14)13-24(2)20(25)12-17(15-8-4-3-5-9-15)16-10-6-7-11-18(16)21/h3-11,17H,12-13H2,1-2H3. The van der Waals surface area contributed by atoms with Gasteiger partial charge in [-0.1, -0.05) is 60.1 Å². The van der Waals surface area contributed by atoms with Crippen LogP contribution in [0.3, 0.4) is 0 Å². The fourth-order valence-electron chi connectivity index (χ4n) is 2.87. The van der Waals surface area contributed by atoms with Crippen molar-refractivity contribution >= 4 is 17.5 Å². The summed E-state index contributed by atoms with van der Waals surface area (Å²) in [5, 5.41) is 8.40. The molecule has 0 fully saturated rings. The fraction of sp³-hybridized carbons (Fsp3) is 0.250. The Kier molecular flexibility index (Phi) is 5.68. The first kappa shape index (κ1) is 18.1. The summed E-state index contributed by atoms with van der Waals surface area (Å²) < 4.78 is 5.36. The van der Waals surface area contributed by atoms with E-state index in [-0.39, 0.29) is 18.4 Å². The predicted octanol–water partition coefficient (Wildman–Crippen LogP) is 4.21. The Balaban J connectivity index is 1.81. The van der Waals surface area contributed by atoms with Crippen LogP contribution in [0.2, 0.25) is 5.02 Å². The van der Waals surface area contributed by atoms with Gasteiger partial charge in [-0.2, -0.15) is 0 Å². The molecule has 134 valence electrons. The van der Waals surface area contributed by atoms with Gasteiger partial charge in [-0.25, -0.2) is 0 Å². The molecule has 0 aliphatic heterocycles. The maximum Gasteiger partial charge on any atom is 0.235 e. The third kappa shape index (κ3) is 4.29. The molecule has 1 amide bonds. The van der Waals surface area contributed by atoms with Gasteiger partial charge in [-0.15, -0.1) is 10.2 Å². The third-order valence-electron chi connectivity index (χ3n) is 4.23. The molecule has 0 saturated heterocycles. The number of halogens is 1. The largest absolute Gasteiger partial charge is 0.424 e. The van der Waals surface area contributed by atoms with Gasteiger partial charge in [0.25, 0.3) is 0 Å². The Morgan fingerprint density at radius 1 is 1.12 bits per heavy atom. The van der Waals surface area contributed by atoms with Crippen LogP contribution in [0.4, 0.5) is 0 Å². The van der Waals surface area contributed by atoms with Crippen molar-refractivity contribution in [2.24, 2.45) is 0 Å². The van der Waals surface area contributed by atoms with E-state index in [0.717, 1.165) is 11.1 Å². The second kappa shape index (κ2) is 8.15. The van der Waals surface area contributed by atoms with Gasteiger partial charge in [-0.3, -0.25) is 4.79 Å². The quantitative estimate of drug-likeness (QED) is 0.653. The molecule has 0 aliphatic rings. The Hall–Kier alpha value is -2.66. The Labute approximate surface area is 157 Å². The lowest BCUT2D eigenvalue weighted by molar-refractivity contribution is -0.130. The maximum absolute atomic E-state index is 12.8. The van der Waals surface area contributed by atoms with Crippen molar-refractivity contribution in [2.45, 2.75) is 25.8 Å². The highest BCUT2D eigenvalue weighted by Gasteiger charge is 2.23. The van der Waals surface area contributed by atoms with Crippen LogP contribution in [0.5, 0.6) is 0 Å². The molecule has 0 aliphatic carbocycles. The lowest BCUT2D eigenvalue weighted by atomic mass is 9.88. The second-order valence-corrected chi connectivity index (χ2v) is 6.56. The normalized spacial score (nSPS) is 12.0.